The zero-order valence-corrected chi connectivity index (χ0v) is 11.3. The Labute approximate surface area is 116 Å². The predicted molar refractivity (Wildman–Crippen MR) is 80.7 cm³/mol. The van der Waals surface area contributed by atoms with Gasteiger partial charge in [0.2, 0.25) is 0 Å². The van der Waals surface area contributed by atoms with Gasteiger partial charge < -0.3 is 5.73 Å². The van der Waals surface area contributed by atoms with E-state index in [4.69, 9.17) is 5.73 Å². The van der Waals surface area contributed by atoms with Gasteiger partial charge in [-0.1, -0.05) is 12.1 Å². The Kier molecular flexibility index (Phi) is 3.79. The largest absolute Gasteiger partial charge is 0.399 e. The summed E-state index contributed by atoms with van der Waals surface area (Å²) < 4.78 is 0. The fraction of sp³-hybridized carbons (Fsp3) is 0.133. The minimum Gasteiger partial charge on any atom is -0.399 e. The van der Waals surface area contributed by atoms with E-state index in [-0.39, 0.29) is 5.69 Å². The molecule has 5 nitrogen and oxygen atoms in total. The van der Waals surface area contributed by atoms with Gasteiger partial charge in [0.15, 0.2) is 0 Å². The van der Waals surface area contributed by atoms with Crippen molar-refractivity contribution >= 4 is 23.3 Å². The van der Waals surface area contributed by atoms with Gasteiger partial charge in [0.05, 0.1) is 10.6 Å². The van der Waals surface area contributed by atoms with Gasteiger partial charge in [0.1, 0.15) is 0 Å². The summed E-state index contributed by atoms with van der Waals surface area (Å²) in [6, 6.07) is 10.0. The summed E-state index contributed by atoms with van der Waals surface area (Å²) in [5.74, 6) is 0. The fourth-order valence-electron chi connectivity index (χ4n) is 1.83. The van der Waals surface area contributed by atoms with E-state index in [1.54, 1.807) is 18.3 Å². The lowest BCUT2D eigenvalue weighted by molar-refractivity contribution is -0.384. The van der Waals surface area contributed by atoms with Gasteiger partial charge in [-0.25, -0.2) is 0 Å². The van der Waals surface area contributed by atoms with Crippen LogP contribution >= 0.6 is 0 Å². The average molecular weight is 269 g/mol. The van der Waals surface area contributed by atoms with Crippen molar-refractivity contribution in [2.45, 2.75) is 13.8 Å². The van der Waals surface area contributed by atoms with Gasteiger partial charge in [-0.05, 0) is 42.7 Å². The van der Waals surface area contributed by atoms with E-state index in [2.05, 4.69) is 4.99 Å². The number of nitro groups is 1. The van der Waals surface area contributed by atoms with Crippen molar-refractivity contribution < 1.29 is 4.92 Å². The molecular weight excluding hydrogens is 254 g/mol. The highest BCUT2D eigenvalue weighted by molar-refractivity contribution is 5.83. The van der Waals surface area contributed by atoms with Gasteiger partial charge in [-0.15, -0.1) is 0 Å². The summed E-state index contributed by atoms with van der Waals surface area (Å²) in [5.41, 5.74) is 10.1. The molecule has 0 atom stereocenters. The van der Waals surface area contributed by atoms with Crippen molar-refractivity contribution in [2.75, 3.05) is 5.73 Å². The molecule has 0 saturated heterocycles. The third kappa shape index (κ3) is 2.83. The van der Waals surface area contributed by atoms with E-state index in [1.165, 1.54) is 12.1 Å². The van der Waals surface area contributed by atoms with Gasteiger partial charge in [0, 0.05) is 24.0 Å². The number of hydrogen-bond acceptors (Lipinski definition) is 4. The second-order valence-electron chi connectivity index (χ2n) is 4.53. The standard InChI is InChI=1S/C15H15N3O2/c1-10-11(2)15(7-6-14(10)16)17-9-12-4-3-5-13(8-12)18(19)20/h3-9H,16H2,1-2H3. The quantitative estimate of drug-likeness (QED) is 0.400. The molecule has 0 amide bonds. The van der Waals surface area contributed by atoms with E-state index in [0.717, 1.165) is 22.5 Å². The molecule has 0 aliphatic rings. The Morgan fingerprint density at radius 2 is 1.95 bits per heavy atom. The van der Waals surface area contributed by atoms with Crippen molar-refractivity contribution in [1.82, 2.24) is 0 Å². The summed E-state index contributed by atoms with van der Waals surface area (Å²) in [6.07, 6.45) is 1.62. The lowest BCUT2D eigenvalue weighted by Gasteiger charge is -2.06. The number of benzene rings is 2. The first-order chi connectivity index (χ1) is 9.49. The zero-order valence-electron chi connectivity index (χ0n) is 11.3. The second kappa shape index (κ2) is 5.52. The van der Waals surface area contributed by atoms with Crippen molar-refractivity contribution in [3.8, 4) is 0 Å². The SMILES string of the molecule is Cc1c(N)ccc(N=Cc2cccc([N+](=O)[O-])c2)c1C. The number of nitro benzene ring substituents is 1. The Morgan fingerprint density at radius 3 is 2.65 bits per heavy atom. The molecule has 2 rings (SSSR count). The van der Waals surface area contributed by atoms with Crippen LogP contribution in [-0.4, -0.2) is 11.1 Å². The molecule has 0 aromatic heterocycles. The Balaban J connectivity index is 2.32. The molecule has 0 bridgehead atoms. The first-order valence-corrected chi connectivity index (χ1v) is 6.13. The molecule has 0 radical (unpaired) electrons. The van der Waals surface area contributed by atoms with Crippen molar-refractivity contribution in [1.29, 1.82) is 0 Å². The molecule has 0 aliphatic carbocycles. The van der Waals surface area contributed by atoms with Crippen LogP contribution in [0.3, 0.4) is 0 Å². The van der Waals surface area contributed by atoms with Crippen LogP contribution in [0, 0.1) is 24.0 Å². The molecule has 0 unspecified atom stereocenters. The van der Waals surface area contributed by atoms with Gasteiger partial charge in [-0.2, -0.15) is 0 Å². The lowest BCUT2D eigenvalue weighted by atomic mass is 10.1. The molecule has 2 aromatic carbocycles. The van der Waals surface area contributed by atoms with Crippen LogP contribution in [0.1, 0.15) is 16.7 Å². The highest BCUT2D eigenvalue weighted by Crippen LogP contribution is 2.26. The maximum Gasteiger partial charge on any atom is 0.270 e. The molecule has 2 aromatic rings. The van der Waals surface area contributed by atoms with Crippen LogP contribution in [0.2, 0.25) is 0 Å². The van der Waals surface area contributed by atoms with E-state index < -0.39 is 4.92 Å². The van der Waals surface area contributed by atoms with Crippen LogP contribution in [0.5, 0.6) is 0 Å². The Morgan fingerprint density at radius 1 is 1.20 bits per heavy atom. The Bertz CT molecular complexity index is 694. The Hall–Kier alpha value is -2.69. The van der Waals surface area contributed by atoms with Crippen LogP contribution in [0.15, 0.2) is 41.4 Å². The van der Waals surface area contributed by atoms with E-state index in [9.17, 15) is 10.1 Å². The molecule has 20 heavy (non-hydrogen) atoms. The predicted octanol–water partition coefficient (Wildman–Crippen LogP) is 3.54. The van der Waals surface area contributed by atoms with Crippen molar-refractivity contribution in [3.05, 3.63) is 63.2 Å². The number of nitrogens with two attached hydrogens (primary N) is 1. The maximum atomic E-state index is 10.7. The zero-order chi connectivity index (χ0) is 14.7. The average Bonchev–Trinajstić information content (AvgIpc) is 2.44. The third-order valence-electron chi connectivity index (χ3n) is 3.23. The number of aliphatic imine (C=N–C) groups is 1. The molecule has 5 heteroatoms. The number of nitrogens with zero attached hydrogens (tertiary/aromatic N) is 2. The molecule has 0 saturated carbocycles. The maximum absolute atomic E-state index is 10.7. The molecule has 0 heterocycles. The number of hydrogen-bond donors (Lipinski definition) is 1. The van der Waals surface area contributed by atoms with Crippen LogP contribution < -0.4 is 5.73 Å². The highest BCUT2D eigenvalue weighted by atomic mass is 16.6. The van der Waals surface area contributed by atoms with Gasteiger partial charge in [0.25, 0.3) is 5.69 Å². The molecule has 102 valence electrons. The van der Waals surface area contributed by atoms with Gasteiger partial charge in [-0.3, -0.25) is 15.1 Å². The van der Waals surface area contributed by atoms with Gasteiger partial charge >= 0.3 is 0 Å². The topological polar surface area (TPSA) is 81.5 Å². The number of rotatable bonds is 3. The lowest BCUT2D eigenvalue weighted by Crippen LogP contribution is -1.92. The second-order valence-corrected chi connectivity index (χ2v) is 4.53. The summed E-state index contributed by atoms with van der Waals surface area (Å²) in [7, 11) is 0. The monoisotopic (exact) mass is 269 g/mol. The van der Waals surface area contributed by atoms with Crippen LogP contribution in [0.25, 0.3) is 0 Å². The van der Waals surface area contributed by atoms with Crippen molar-refractivity contribution in [3.63, 3.8) is 0 Å². The van der Waals surface area contributed by atoms with E-state index >= 15 is 0 Å². The summed E-state index contributed by atoms with van der Waals surface area (Å²) in [5, 5.41) is 10.7. The normalized spacial score (nSPS) is 10.9. The minimum absolute atomic E-state index is 0.0548. The van der Waals surface area contributed by atoms with Crippen LogP contribution in [0.4, 0.5) is 17.1 Å². The number of anilines is 1. The molecule has 0 spiro atoms. The first-order valence-electron chi connectivity index (χ1n) is 6.13. The summed E-state index contributed by atoms with van der Waals surface area (Å²) in [4.78, 5) is 14.7. The molecule has 2 N–H and O–H groups in total. The van der Waals surface area contributed by atoms with E-state index in [0.29, 0.717) is 5.56 Å². The van der Waals surface area contributed by atoms with Crippen LogP contribution in [-0.2, 0) is 0 Å². The fourth-order valence-corrected chi connectivity index (χ4v) is 1.83. The molecular formula is C15H15N3O2. The van der Waals surface area contributed by atoms with Crippen molar-refractivity contribution in [2.24, 2.45) is 4.99 Å². The number of non-ortho nitro benzene ring substituents is 1. The summed E-state index contributed by atoms with van der Waals surface area (Å²) >= 11 is 0. The molecule has 0 fully saturated rings. The summed E-state index contributed by atoms with van der Waals surface area (Å²) in [6.45, 7) is 3.89. The molecule has 0 aliphatic heterocycles. The third-order valence-corrected chi connectivity index (χ3v) is 3.23. The highest BCUT2D eigenvalue weighted by Gasteiger charge is 2.05. The smallest absolute Gasteiger partial charge is 0.270 e. The van der Waals surface area contributed by atoms with E-state index in [1.807, 2.05) is 26.0 Å². The number of nitrogen functional groups attached to an aromatic ring is 1. The minimum atomic E-state index is -0.421. The first kappa shape index (κ1) is 13.7.